The topological polar surface area (TPSA) is 71.8 Å². The van der Waals surface area contributed by atoms with E-state index in [0.717, 1.165) is 23.2 Å². The molecule has 4 rings (SSSR count). The van der Waals surface area contributed by atoms with Crippen LogP contribution in [0.4, 0.5) is 11.4 Å². The van der Waals surface area contributed by atoms with Crippen molar-refractivity contribution in [1.82, 2.24) is 0 Å². The molecule has 2 heterocycles. The van der Waals surface area contributed by atoms with Gasteiger partial charge in [0.15, 0.2) is 6.61 Å². The van der Waals surface area contributed by atoms with Gasteiger partial charge in [-0.2, -0.15) is 0 Å². The number of hydrogen-bond donors (Lipinski definition) is 1. The predicted octanol–water partition coefficient (Wildman–Crippen LogP) is 4.23. The summed E-state index contributed by atoms with van der Waals surface area (Å²) in [5.41, 5.74) is 4.97. The summed E-state index contributed by atoms with van der Waals surface area (Å²) in [4.78, 5) is 26.9. The maximum Gasteiger partial charge on any atom is 0.262 e. The van der Waals surface area contributed by atoms with E-state index in [-0.39, 0.29) is 23.7 Å². The molecular formula is C25H26N2O4. The Balaban J connectivity index is 1.38. The first-order valence-corrected chi connectivity index (χ1v) is 10.4. The Labute approximate surface area is 181 Å². The van der Waals surface area contributed by atoms with E-state index in [1.165, 1.54) is 23.6 Å². The van der Waals surface area contributed by atoms with Crippen LogP contribution in [-0.2, 0) is 17.8 Å². The number of rotatable bonds is 6. The maximum absolute atomic E-state index is 12.5. The van der Waals surface area contributed by atoms with Crippen LogP contribution in [0.15, 0.2) is 64.0 Å². The summed E-state index contributed by atoms with van der Waals surface area (Å²) in [5, 5.41) is 2.80. The summed E-state index contributed by atoms with van der Waals surface area (Å²) in [6, 6.07) is 15.8. The lowest BCUT2D eigenvalue weighted by Gasteiger charge is -2.24. The molecule has 1 aliphatic heterocycles. The van der Waals surface area contributed by atoms with Crippen LogP contribution in [0.3, 0.4) is 0 Å². The number of ether oxygens (including phenoxy) is 1. The van der Waals surface area contributed by atoms with Crippen LogP contribution >= 0.6 is 0 Å². The number of aryl methyl sites for hydroxylation is 2. The number of carbonyl (C=O) groups is 1. The molecule has 1 amide bonds. The number of benzene rings is 2. The monoisotopic (exact) mass is 418 g/mol. The minimum atomic E-state index is -0.335. The average molecular weight is 418 g/mol. The van der Waals surface area contributed by atoms with Crippen LogP contribution in [0.25, 0.3) is 0 Å². The molecule has 0 unspecified atom stereocenters. The molecule has 0 radical (unpaired) electrons. The van der Waals surface area contributed by atoms with Gasteiger partial charge in [-0.1, -0.05) is 35.9 Å². The zero-order valence-electron chi connectivity index (χ0n) is 18.0. The zero-order chi connectivity index (χ0) is 22.0. The van der Waals surface area contributed by atoms with Crippen molar-refractivity contribution in [2.24, 2.45) is 0 Å². The summed E-state index contributed by atoms with van der Waals surface area (Å²) in [6.45, 7) is 6.31. The molecule has 6 nitrogen and oxygen atoms in total. The highest BCUT2D eigenvalue weighted by atomic mass is 16.5. The summed E-state index contributed by atoms with van der Waals surface area (Å²) in [7, 11) is 0. The Hall–Kier alpha value is -3.54. The van der Waals surface area contributed by atoms with Gasteiger partial charge in [0.25, 0.3) is 5.91 Å². The van der Waals surface area contributed by atoms with Gasteiger partial charge in [-0.15, -0.1) is 0 Å². The van der Waals surface area contributed by atoms with E-state index >= 15 is 0 Å². The predicted molar refractivity (Wildman–Crippen MR) is 121 cm³/mol. The van der Waals surface area contributed by atoms with E-state index < -0.39 is 0 Å². The molecule has 6 heteroatoms. The number of para-hydroxylation sites is 1. The SMILES string of the molecule is Cc1ccc(NC(=O)COc2coc(CN3c4ccccc4C[C@@H]3C)cc2=O)c(C)c1. The second-order valence-corrected chi connectivity index (χ2v) is 8.04. The van der Waals surface area contributed by atoms with Gasteiger partial charge in [-0.3, -0.25) is 9.59 Å². The molecule has 31 heavy (non-hydrogen) atoms. The van der Waals surface area contributed by atoms with Gasteiger partial charge in [0.05, 0.1) is 6.54 Å². The summed E-state index contributed by atoms with van der Waals surface area (Å²) in [5.74, 6) is 0.243. The number of anilines is 2. The van der Waals surface area contributed by atoms with Gasteiger partial charge in [0.2, 0.25) is 11.2 Å². The molecule has 1 N–H and O–H groups in total. The molecule has 0 bridgehead atoms. The van der Waals surface area contributed by atoms with Crippen molar-refractivity contribution in [3.63, 3.8) is 0 Å². The molecule has 0 aliphatic carbocycles. The van der Waals surface area contributed by atoms with Crippen molar-refractivity contribution in [3.8, 4) is 5.75 Å². The fraction of sp³-hybridized carbons (Fsp3) is 0.280. The molecular weight excluding hydrogens is 392 g/mol. The van der Waals surface area contributed by atoms with E-state index in [9.17, 15) is 9.59 Å². The minimum absolute atomic E-state index is 0.0226. The van der Waals surface area contributed by atoms with Crippen molar-refractivity contribution in [1.29, 1.82) is 0 Å². The molecule has 0 saturated carbocycles. The Morgan fingerprint density at radius 3 is 2.77 bits per heavy atom. The lowest BCUT2D eigenvalue weighted by Crippen LogP contribution is -2.29. The average Bonchev–Trinajstić information content (AvgIpc) is 3.05. The van der Waals surface area contributed by atoms with Crippen molar-refractivity contribution in [2.75, 3.05) is 16.8 Å². The Morgan fingerprint density at radius 2 is 2.00 bits per heavy atom. The van der Waals surface area contributed by atoms with Crippen LogP contribution in [0.2, 0.25) is 0 Å². The van der Waals surface area contributed by atoms with Crippen LogP contribution in [-0.4, -0.2) is 18.6 Å². The molecule has 2 aromatic carbocycles. The third kappa shape index (κ3) is 4.63. The van der Waals surface area contributed by atoms with Gasteiger partial charge in [-0.25, -0.2) is 0 Å². The molecule has 1 aliphatic rings. The normalized spacial score (nSPS) is 14.9. The second-order valence-electron chi connectivity index (χ2n) is 8.04. The molecule has 1 aromatic heterocycles. The van der Waals surface area contributed by atoms with Crippen molar-refractivity contribution in [3.05, 3.63) is 87.5 Å². The van der Waals surface area contributed by atoms with E-state index in [4.69, 9.17) is 9.15 Å². The number of hydrogen-bond acceptors (Lipinski definition) is 5. The Kier molecular flexibility index (Phi) is 5.80. The fourth-order valence-corrected chi connectivity index (χ4v) is 3.95. The number of carbonyl (C=O) groups excluding carboxylic acids is 1. The van der Waals surface area contributed by atoms with Crippen molar-refractivity contribution >= 4 is 17.3 Å². The Morgan fingerprint density at radius 1 is 1.19 bits per heavy atom. The van der Waals surface area contributed by atoms with Crippen molar-refractivity contribution < 1.29 is 13.9 Å². The Bertz CT molecular complexity index is 1170. The van der Waals surface area contributed by atoms with Gasteiger partial charge in [0, 0.05) is 23.5 Å². The first kappa shape index (κ1) is 20.7. The number of amides is 1. The van der Waals surface area contributed by atoms with Crippen molar-refractivity contribution in [2.45, 2.75) is 39.8 Å². The summed E-state index contributed by atoms with van der Waals surface area (Å²) >= 11 is 0. The fourth-order valence-electron chi connectivity index (χ4n) is 3.95. The minimum Gasteiger partial charge on any atom is -0.477 e. The highest BCUT2D eigenvalue weighted by Crippen LogP contribution is 2.33. The van der Waals surface area contributed by atoms with E-state index in [2.05, 4.69) is 29.3 Å². The molecule has 160 valence electrons. The third-order valence-electron chi connectivity index (χ3n) is 5.54. The number of nitrogens with zero attached hydrogens (tertiary/aromatic N) is 1. The highest BCUT2D eigenvalue weighted by Gasteiger charge is 2.26. The van der Waals surface area contributed by atoms with Crippen LogP contribution < -0.4 is 20.4 Å². The van der Waals surface area contributed by atoms with E-state index in [1.54, 1.807) is 0 Å². The maximum atomic E-state index is 12.5. The van der Waals surface area contributed by atoms with Gasteiger partial charge < -0.3 is 19.4 Å². The summed E-state index contributed by atoms with van der Waals surface area (Å²) < 4.78 is 11.1. The smallest absolute Gasteiger partial charge is 0.262 e. The quantitative estimate of drug-likeness (QED) is 0.649. The highest BCUT2D eigenvalue weighted by molar-refractivity contribution is 5.92. The molecule has 0 saturated heterocycles. The van der Waals surface area contributed by atoms with E-state index in [1.807, 2.05) is 44.2 Å². The van der Waals surface area contributed by atoms with E-state index in [0.29, 0.717) is 18.3 Å². The third-order valence-corrected chi connectivity index (χ3v) is 5.54. The molecule has 0 spiro atoms. The molecule has 1 atom stereocenters. The number of nitrogens with one attached hydrogen (secondary N) is 1. The molecule has 0 fully saturated rings. The van der Waals surface area contributed by atoms with Crippen LogP contribution in [0.1, 0.15) is 29.4 Å². The first-order chi connectivity index (χ1) is 14.9. The standard InChI is InChI=1S/C25H26N2O4/c1-16-8-9-21(17(2)10-16)26-25(29)15-31-24-14-30-20(12-23(24)28)13-27-18(3)11-19-6-4-5-7-22(19)27/h4-10,12,14,18H,11,13,15H2,1-3H3,(H,26,29)/t18-/m0/s1. The second kappa shape index (κ2) is 8.68. The first-order valence-electron chi connectivity index (χ1n) is 10.4. The lowest BCUT2D eigenvalue weighted by molar-refractivity contribution is -0.118. The number of fused-ring (bicyclic) bond motifs is 1. The van der Waals surface area contributed by atoms with Gasteiger partial charge in [0.1, 0.15) is 12.0 Å². The van der Waals surface area contributed by atoms with Gasteiger partial charge in [-0.05, 0) is 50.5 Å². The van der Waals surface area contributed by atoms with Crippen LogP contribution in [0.5, 0.6) is 5.75 Å². The molecule has 3 aromatic rings. The lowest BCUT2D eigenvalue weighted by atomic mass is 10.1. The van der Waals surface area contributed by atoms with Crippen LogP contribution in [0, 0.1) is 13.8 Å². The van der Waals surface area contributed by atoms with Gasteiger partial charge >= 0.3 is 0 Å². The zero-order valence-corrected chi connectivity index (χ0v) is 18.0. The largest absolute Gasteiger partial charge is 0.477 e. The summed E-state index contributed by atoms with van der Waals surface area (Å²) in [6.07, 6.45) is 2.26.